The van der Waals surface area contributed by atoms with Crippen LogP contribution in [0.15, 0.2) is 42.7 Å². The molecule has 2 aliphatic heterocycles. The number of hydrogen-bond acceptors (Lipinski definition) is 6. The largest absolute Gasteiger partial charge is 0.379 e. The third-order valence-corrected chi connectivity index (χ3v) is 7.28. The first-order valence-corrected chi connectivity index (χ1v) is 13.2. The molecule has 1 amide bonds. The SMILES string of the molecule is C[C@@H]1C[C@H](N)CN(c2ccncc2NC(=O)c2ccc(F)c(-c3c(F)cc(CN4CCOCC4)cc3F)c2F)C1.Cl.Cl. The van der Waals surface area contributed by atoms with Gasteiger partial charge in [0.2, 0.25) is 0 Å². The molecule has 3 aromatic rings. The molecular formula is C29H33Cl2F4N5O2. The molecule has 3 N–H and O–H groups in total. The number of carbonyl (C=O) groups excluding carboxylic acids is 1. The van der Waals surface area contributed by atoms with Gasteiger partial charge in [0.15, 0.2) is 0 Å². The van der Waals surface area contributed by atoms with E-state index in [1.54, 1.807) is 12.3 Å². The maximum atomic E-state index is 15.7. The van der Waals surface area contributed by atoms with Crippen LogP contribution in [0.1, 0.15) is 29.3 Å². The van der Waals surface area contributed by atoms with Crippen LogP contribution in [0.5, 0.6) is 0 Å². The zero-order valence-electron chi connectivity index (χ0n) is 22.9. The summed E-state index contributed by atoms with van der Waals surface area (Å²) < 4.78 is 66.2. The van der Waals surface area contributed by atoms with Crippen LogP contribution in [0.4, 0.5) is 28.9 Å². The van der Waals surface area contributed by atoms with E-state index in [1.807, 2.05) is 9.80 Å². The smallest absolute Gasteiger partial charge is 0.258 e. The fourth-order valence-corrected chi connectivity index (χ4v) is 5.48. The lowest BCUT2D eigenvalue weighted by Gasteiger charge is -2.37. The van der Waals surface area contributed by atoms with Crippen molar-refractivity contribution in [2.75, 3.05) is 49.6 Å². The monoisotopic (exact) mass is 629 g/mol. The molecule has 0 unspecified atom stereocenters. The molecule has 0 radical (unpaired) electrons. The molecule has 3 heterocycles. The second-order valence-electron chi connectivity index (χ2n) is 10.5. The van der Waals surface area contributed by atoms with Gasteiger partial charge in [0.25, 0.3) is 5.91 Å². The van der Waals surface area contributed by atoms with E-state index in [4.69, 9.17) is 10.5 Å². The van der Waals surface area contributed by atoms with Gasteiger partial charge in [-0.15, -0.1) is 24.8 Å². The Balaban J connectivity index is 0.00000242. The quantitative estimate of drug-likeness (QED) is 0.355. The number of nitrogens with zero attached hydrogens (tertiary/aromatic N) is 3. The van der Waals surface area contributed by atoms with Crippen molar-refractivity contribution in [1.82, 2.24) is 9.88 Å². The summed E-state index contributed by atoms with van der Waals surface area (Å²) in [6, 6.07) is 5.56. The Morgan fingerprint density at radius 3 is 2.38 bits per heavy atom. The third-order valence-electron chi connectivity index (χ3n) is 7.28. The molecule has 5 rings (SSSR count). The van der Waals surface area contributed by atoms with E-state index in [2.05, 4.69) is 17.2 Å². The zero-order chi connectivity index (χ0) is 28.4. The Bertz CT molecular complexity index is 1380. The van der Waals surface area contributed by atoms with Gasteiger partial charge in [-0.3, -0.25) is 14.7 Å². The highest BCUT2D eigenvalue weighted by Crippen LogP contribution is 2.35. The number of anilines is 2. The minimum absolute atomic E-state index is 0. The molecule has 2 fully saturated rings. The summed E-state index contributed by atoms with van der Waals surface area (Å²) in [4.78, 5) is 21.2. The van der Waals surface area contributed by atoms with Crippen LogP contribution in [0.2, 0.25) is 0 Å². The summed E-state index contributed by atoms with van der Waals surface area (Å²) in [7, 11) is 0. The molecule has 7 nitrogen and oxygen atoms in total. The van der Waals surface area contributed by atoms with Gasteiger partial charge in [-0.25, -0.2) is 17.6 Å². The van der Waals surface area contributed by atoms with Crippen molar-refractivity contribution in [2.45, 2.75) is 25.9 Å². The predicted molar refractivity (Wildman–Crippen MR) is 158 cm³/mol. The van der Waals surface area contributed by atoms with Gasteiger partial charge < -0.3 is 20.7 Å². The average molecular weight is 631 g/mol. The lowest BCUT2D eigenvalue weighted by Crippen LogP contribution is -2.46. The van der Waals surface area contributed by atoms with Gasteiger partial charge in [0, 0.05) is 45.0 Å². The van der Waals surface area contributed by atoms with Crippen molar-refractivity contribution in [3.05, 3.63) is 77.1 Å². The lowest BCUT2D eigenvalue weighted by atomic mass is 9.96. The van der Waals surface area contributed by atoms with Crippen molar-refractivity contribution in [3.63, 3.8) is 0 Å². The van der Waals surface area contributed by atoms with Crippen molar-refractivity contribution >= 4 is 42.1 Å². The van der Waals surface area contributed by atoms with E-state index in [1.165, 1.54) is 6.20 Å². The van der Waals surface area contributed by atoms with Crippen molar-refractivity contribution in [1.29, 1.82) is 0 Å². The number of ether oxygens (including phenoxy) is 1. The van der Waals surface area contributed by atoms with Crippen LogP contribution in [0.25, 0.3) is 11.1 Å². The maximum absolute atomic E-state index is 15.7. The molecule has 0 spiro atoms. The standard InChI is InChI=1S/C29H31F4N5O2.2ClH/c1-17-10-19(34)16-38(14-17)25-4-5-35-13-24(25)36-29(39)20-2-3-21(30)27(28(20)33)26-22(31)11-18(12-23(26)32)15-37-6-8-40-9-7-37;;/h2-5,11-13,17,19H,6-10,14-16,34H2,1H3,(H,36,39);2*1H/t17-,19+;;/m1../s1. The first kappa shape index (κ1) is 33.5. The lowest BCUT2D eigenvalue weighted by molar-refractivity contribution is 0.0341. The minimum Gasteiger partial charge on any atom is -0.379 e. The van der Waals surface area contributed by atoms with Gasteiger partial charge in [-0.05, 0) is 48.2 Å². The summed E-state index contributed by atoms with van der Waals surface area (Å²) in [6.45, 7) is 5.84. The highest BCUT2D eigenvalue weighted by atomic mass is 35.5. The summed E-state index contributed by atoms with van der Waals surface area (Å²) in [6.07, 6.45) is 3.86. The van der Waals surface area contributed by atoms with E-state index >= 15 is 13.2 Å². The van der Waals surface area contributed by atoms with Crippen LogP contribution >= 0.6 is 24.8 Å². The minimum atomic E-state index is -1.37. The Labute approximate surface area is 254 Å². The van der Waals surface area contributed by atoms with E-state index < -0.39 is 45.9 Å². The highest BCUT2D eigenvalue weighted by Gasteiger charge is 2.28. The molecule has 228 valence electrons. The van der Waals surface area contributed by atoms with Crippen LogP contribution in [-0.4, -0.2) is 61.2 Å². The van der Waals surface area contributed by atoms with Crippen molar-refractivity contribution in [2.24, 2.45) is 11.7 Å². The number of rotatable bonds is 6. The fourth-order valence-electron chi connectivity index (χ4n) is 5.48. The molecular weight excluding hydrogens is 597 g/mol. The zero-order valence-corrected chi connectivity index (χ0v) is 24.5. The number of piperidine rings is 1. The number of carbonyl (C=O) groups is 1. The van der Waals surface area contributed by atoms with Gasteiger partial charge in [0.1, 0.15) is 23.3 Å². The number of nitrogens with one attached hydrogen (secondary N) is 1. The Hall–Kier alpha value is -2.96. The highest BCUT2D eigenvalue weighted by molar-refractivity contribution is 6.06. The molecule has 1 aromatic heterocycles. The van der Waals surface area contributed by atoms with Crippen molar-refractivity contribution < 1.29 is 27.1 Å². The van der Waals surface area contributed by atoms with Gasteiger partial charge in [0.05, 0.1) is 47.5 Å². The molecule has 2 aromatic carbocycles. The molecule has 2 aliphatic rings. The van der Waals surface area contributed by atoms with Crippen LogP contribution < -0.4 is 16.0 Å². The first-order valence-electron chi connectivity index (χ1n) is 13.2. The molecule has 2 atom stereocenters. The third kappa shape index (κ3) is 7.33. The van der Waals surface area contributed by atoms with Crippen molar-refractivity contribution in [3.8, 4) is 11.1 Å². The van der Waals surface area contributed by atoms with E-state index in [0.717, 1.165) is 30.7 Å². The maximum Gasteiger partial charge on any atom is 0.258 e. The number of morpholine rings is 1. The summed E-state index contributed by atoms with van der Waals surface area (Å²) >= 11 is 0. The number of benzene rings is 2. The topological polar surface area (TPSA) is 83.7 Å². The van der Waals surface area contributed by atoms with E-state index in [-0.39, 0.29) is 37.4 Å². The molecule has 0 aliphatic carbocycles. The van der Waals surface area contributed by atoms with Crippen LogP contribution in [0.3, 0.4) is 0 Å². The number of pyridine rings is 1. The second kappa shape index (κ2) is 14.5. The van der Waals surface area contributed by atoms with Crippen LogP contribution in [-0.2, 0) is 11.3 Å². The predicted octanol–water partition coefficient (Wildman–Crippen LogP) is 5.41. The number of aromatic nitrogens is 1. The van der Waals surface area contributed by atoms with Gasteiger partial charge in [-0.1, -0.05) is 6.92 Å². The Morgan fingerprint density at radius 1 is 1.02 bits per heavy atom. The Kier molecular flexibility index (Phi) is 11.6. The summed E-state index contributed by atoms with van der Waals surface area (Å²) in [5.41, 5.74) is 5.10. The van der Waals surface area contributed by atoms with Gasteiger partial charge >= 0.3 is 0 Å². The Morgan fingerprint density at radius 2 is 1.71 bits per heavy atom. The van der Waals surface area contributed by atoms with E-state index in [0.29, 0.717) is 62.2 Å². The molecule has 13 heteroatoms. The summed E-state index contributed by atoms with van der Waals surface area (Å²) in [5, 5.41) is 2.63. The number of nitrogens with two attached hydrogens (primary N) is 1. The van der Waals surface area contributed by atoms with Gasteiger partial charge in [-0.2, -0.15) is 0 Å². The average Bonchev–Trinajstić information content (AvgIpc) is 2.90. The summed E-state index contributed by atoms with van der Waals surface area (Å²) in [5.74, 6) is -5.39. The molecule has 2 saturated heterocycles. The molecule has 42 heavy (non-hydrogen) atoms. The fraction of sp³-hybridized carbons (Fsp3) is 0.379. The van der Waals surface area contributed by atoms with Crippen LogP contribution in [0, 0.1) is 29.2 Å². The molecule has 0 saturated carbocycles. The van der Waals surface area contributed by atoms with E-state index in [9.17, 15) is 9.18 Å². The number of hydrogen-bond donors (Lipinski definition) is 2. The number of halogens is 6. The first-order chi connectivity index (χ1) is 19.2. The second-order valence-corrected chi connectivity index (χ2v) is 10.5. The molecule has 0 bridgehead atoms. The normalized spacial score (nSPS) is 19.0. The number of amides is 1.